The molecule has 2 heterocycles. The maximum Gasteiger partial charge on any atom is 0.326 e. The highest BCUT2D eigenvalue weighted by Gasteiger charge is 2.32. The van der Waals surface area contributed by atoms with Crippen LogP contribution in [0.25, 0.3) is 10.9 Å². The van der Waals surface area contributed by atoms with Crippen molar-refractivity contribution in [2.75, 3.05) is 6.54 Å². The van der Waals surface area contributed by atoms with Crippen LogP contribution in [-0.4, -0.2) is 75.5 Å². The number of nitrogens with two attached hydrogens (primary N) is 1. The third kappa shape index (κ3) is 8.55. The highest BCUT2D eigenvalue weighted by Crippen LogP contribution is 2.20. The number of benzene rings is 2. The number of aromatic amines is 1. The zero-order chi connectivity index (χ0) is 30.9. The Morgan fingerprint density at radius 1 is 0.907 bits per heavy atom. The second-order valence-corrected chi connectivity index (χ2v) is 10.6. The first-order valence-electron chi connectivity index (χ1n) is 14.1. The molecular formula is C30H36N6O7. The van der Waals surface area contributed by atoms with Crippen LogP contribution in [0.5, 0.6) is 5.75 Å². The predicted molar refractivity (Wildman–Crippen MR) is 157 cm³/mol. The lowest BCUT2D eigenvalue weighted by molar-refractivity contribution is -0.142. The average Bonchev–Trinajstić information content (AvgIpc) is 3.66. The maximum absolute atomic E-state index is 13.6. The Labute approximate surface area is 247 Å². The van der Waals surface area contributed by atoms with Crippen molar-refractivity contribution in [3.05, 3.63) is 65.9 Å². The third-order valence-electron chi connectivity index (χ3n) is 7.41. The minimum Gasteiger partial charge on any atom is -0.508 e. The first kappa shape index (κ1) is 31.0. The third-order valence-corrected chi connectivity index (χ3v) is 7.41. The lowest BCUT2D eigenvalue weighted by atomic mass is 10.0. The molecule has 9 N–H and O–H groups in total. The number of carbonyl (C=O) groups is 5. The normalized spacial score (nSPS) is 16.6. The minimum atomic E-state index is -1.33. The summed E-state index contributed by atoms with van der Waals surface area (Å²) < 4.78 is 0. The van der Waals surface area contributed by atoms with Gasteiger partial charge in [-0.15, -0.1) is 0 Å². The standard InChI is InChI=1S/C30H36N6O7/c31-26(38)12-11-23(34-27(39)22-6-3-13-32-22)28(40)35-24(15-18-16-33-21-5-2-1-4-20(18)21)29(41)36-25(30(42)43)14-17-7-9-19(37)10-8-17/h1-2,4-5,7-10,16,22-25,32-33,37H,3,6,11-15H2,(H2,31,38)(H,34,39)(H,35,40)(H,36,41)(H,42,43). The van der Waals surface area contributed by atoms with Crippen LogP contribution in [0.3, 0.4) is 0 Å². The molecule has 0 saturated carbocycles. The van der Waals surface area contributed by atoms with Crippen LogP contribution >= 0.6 is 0 Å². The van der Waals surface area contributed by atoms with Crippen molar-refractivity contribution >= 4 is 40.5 Å². The monoisotopic (exact) mass is 592 g/mol. The van der Waals surface area contributed by atoms with Crippen molar-refractivity contribution in [3.63, 3.8) is 0 Å². The number of phenols is 1. The van der Waals surface area contributed by atoms with Crippen LogP contribution in [-0.2, 0) is 36.8 Å². The van der Waals surface area contributed by atoms with Crippen molar-refractivity contribution < 1.29 is 34.2 Å². The molecule has 1 fully saturated rings. The van der Waals surface area contributed by atoms with Crippen LogP contribution in [0.2, 0.25) is 0 Å². The van der Waals surface area contributed by atoms with E-state index in [1.165, 1.54) is 12.1 Å². The zero-order valence-electron chi connectivity index (χ0n) is 23.5. The molecule has 1 aliphatic heterocycles. The van der Waals surface area contributed by atoms with Crippen molar-refractivity contribution in [3.8, 4) is 5.75 Å². The van der Waals surface area contributed by atoms with Gasteiger partial charge in [0.1, 0.15) is 23.9 Å². The van der Waals surface area contributed by atoms with Crippen molar-refractivity contribution in [2.45, 2.75) is 62.7 Å². The van der Waals surface area contributed by atoms with Gasteiger partial charge in [0, 0.05) is 36.4 Å². The largest absolute Gasteiger partial charge is 0.508 e. The molecule has 4 unspecified atom stereocenters. The fourth-order valence-corrected chi connectivity index (χ4v) is 5.08. The molecule has 4 amide bonds. The van der Waals surface area contributed by atoms with Gasteiger partial charge in [-0.3, -0.25) is 19.2 Å². The molecule has 1 saturated heterocycles. The highest BCUT2D eigenvalue weighted by atomic mass is 16.4. The van der Waals surface area contributed by atoms with Gasteiger partial charge in [-0.05, 0) is 55.1 Å². The molecule has 43 heavy (non-hydrogen) atoms. The van der Waals surface area contributed by atoms with Crippen LogP contribution in [0.1, 0.15) is 36.8 Å². The Kier molecular flexibility index (Phi) is 10.3. The van der Waals surface area contributed by atoms with Gasteiger partial charge < -0.3 is 42.2 Å². The molecule has 1 aliphatic rings. The number of fused-ring (bicyclic) bond motifs is 1. The quantitative estimate of drug-likeness (QED) is 0.129. The number of aliphatic carboxylic acids is 1. The summed E-state index contributed by atoms with van der Waals surface area (Å²) in [5.74, 6) is -3.78. The highest BCUT2D eigenvalue weighted by molar-refractivity contribution is 5.95. The number of aromatic hydroxyl groups is 1. The first-order valence-corrected chi connectivity index (χ1v) is 14.1. The summed E-state index contributed by atoms with van der Waals surface area (Å²) in [6.45, 7) is 0.665. The van der Waals surface area contributed by atoms with Gasteiger partial charge in [0.2, 0.25) is 23.6 Å². The minimum absolute atomic E-state index is 0.00774. The van der Waals surface area contributed by atoms with Crippen molar-refractivity contribution in [1.29, 1.82) is 0 Å². The number of carbonyl (C=O) groups excluding carboxylic acids is 4. The fourth-order valence-electron chi connectivity index (χ4n) is 5.08. The lowest BCUT2D eigenvalue weighted by Crippen LogP contribution is -2.57. The Morgan fingerprint density at radius 3 is 2.28 bits per heavy atom. The number of hydrogen-bond acceptors (Lipinski definition) is 7. The van der Waals surface area contributed by atoms with Gasteiger partial charge in [-0.1, -0.05) is 30.3 Å². The zero-order valence-corrected chi connectivity index (χ0v) is 23.5. The summed E-state index contributed by atoms with van der Waals surface area (Å²) in [5.41, 5.74) is 7.39. The number of phenolic OH excluding ortho intramolecular Hbond substituents is 1. The summed E-state index contributed by atoms with van der Waals surface area (Å²) in [6.07, 6.45) is 2.79. The number of nitrogens with one attached hydrogen (secondary N) is 5. The smallest absolute Gasteiger partial charge is 0.326 e. The van der Waals surface area contributed by atoms with E-state index in [-0.39, 0.29) is 31.4 Å². The molecule has 13 nitrogen and oxygen atoms in total. The van der Waals surface area contributed by atoms with Crippen molar-refractivity contribution in [1.82, 2.24) is 26.3 Å². The molecule has 4 rings (SSSR count). The van der Waals surface area contributed by atoms with Crippen LogP contribution < -0.4 is 27.0 Å². The number of H-pyrrole nitrogens is 1. The summed E-state index contributed by atoms with van der Waals surface area (Å²) in [4.78, 5) is 66.7. The summed E-state index contributed by atoms with van der Waals surface area (Å²) in [6, 6.07) is 9.11. The van der Waals surface area contributed by atoms with Gasteiger partial charge in [0.05, 0.1) is 6.04 Å². The van der Waals surface area contributed by atoms with Gasteiger partial charge in [0.25, 0.3) is 0 Å². The van der Waals surface area contributed by atoms with Crippen LogP contribution in [0.4, 0.5) is 0 Å². The molecule has 13 heteroatoms. The molecule has 1 aromatic heterocycles. The summed E-state index contributed by atoms with van der Waals surface area (Å²) in [5, 5.41) is 31.1. The van der Waals surface area contributed by atoms with Gasteiger partial charge in [-0.25, -0.2) is 4.79 Å². The Bertz CT molecular complexity index is 1470. The molecule has 0 radical (unpaired) electrons. The fraction of sp³-hybridized carbons (Fsp3) is 0.367. The Hall–Kier alpha value is -4.91. The molecule has 228 valence electrons. The average molecular weight is 593 g/mol. The molecule has 0 bridgehead atoms. The second kappa shape index (κ2) is 14.3. The van der Waals surface area contributed by atoms with E-state index in [1.54, 1.807) is 18.3 Å². The topological polar surface area (TPSA) is 216 Å². The van der Waals surface area contributed by atoms with Crippen molar-refractivity contribution in [2.24, 2.45) is 5.73 Å². The summed E-state index contributed by atoms with van der Waals surface area (Å²) in [7, 11) is 0. The van der Waals surface area contributed by atoms with E-state index in [9.17, 15) is 34.2 Å². The van der Waals surface area contributed by atoms with Crippen LogP contribution in [0.15, 0.2) is 54.7 Å². The van der Waals surface area contributed by atoms with Crippen LogP contribution in [0, 0.1) is 0 Å². The maximum atomic E-state index is 13.6. The molecule has 0 aliphatic carbocycles. The van der Waals surface area contributed by atoms with Gasteiger partial charge >= 0.3 is 5.97 Å². The molecule has 2 aromatic carbocycles. The number of carboxylic acid groups (broad SMARTS) is 1. The molecule has 3 aromatic rings. The number of aromatic nitrogens is 1. The summed E-state index contributed by atoms with van der Waals surface area (Å²) >= 11 is 0. The number of hydrogen-bond donors (Lipinski definition) is 8. The SMILES string of the molecule is NC(=O)CCC(NC(=O)C1CCCN1)C(=O)NC(Cc1c[nH]c2ccccc12)C(=O)NC(Cc1ccc(O)cc1)C(=O)O. The number of amides is 4. The lowest BCUT2D eigenvalue weighted by Gasteiger charge is -2.25. The number of rotatable bonds is 14. The van der Waals surface area contributed by atoms with Gasteiger partial charge in [0.15, 0.2) is 0 Å². The van der Waals surface area contributed by atoms with E-state index in [0.717, 1.165) is 17.3 Å². The molecular weight excluding hydrogens is 556 g/mol. The first-order chi connectivity index (χ1) is 20.6. The van der Waals surface area contributed by atoms with E-state index in [0.29, 0.717) is 24.1 Å². The second-order valence-electron chi connectivity index (χ2n) is 10.6. The van der Waals surface area contributed by atoms with E-state index in [4.69, 9.17) is 5.73 Å². The molecule has 4 atom stereocenters. The number of para-hydroxylation sites is 1. The van der Waals surface area contributed by atoms with E-state index >= 15 is 0 Å². The Balaban J connectivity index is 1.56. The van der Waals surface area contributed by atoms with Gasteiger partial charge in [-0.2, -0.15) is 0 Å². The molecule has 0 spiro atoms. The number of carboxylic acids is 1. The Morgan fingerprint density at radius 2 is 1.60 bits per heavy atom. The van der Waals surface area contributed by atoms with E-state index in [2.05, 4.69) is 26.3 Å². The van der Waals surface area contributed by atoms with E-state index < -0.39 is 53.8 Å². The number of primary amides is 1. The predicted octanol–water partition coefficient (Wildman–Crippen LogP) is 0.215. The van der Waals surface area contributed by atoms with E-state index in [1.807, 2.05) is 24.3 Å².